The number of likely N-dealkylation sites (N-methyl/N-ethyl adjacent to an activating group) is 1. The summed E-state index contributed by atoms with van der Waals surface area (Å²) in [7, 11) is 1.99. The summed E-state index contributed by atoms with van der Waals surface area (Å²) < 4.78 is 14.6. The zero-order valence-corrected chi connectivity index (χ0v) is 11.6. The Labute approximate surface area is 117 Å². The molecule has 0 aliphatic heterocycles. The molecule has 2 rings (SSSR count). The third kappa shape index (κ3) is 3.64. The summed E-state index contributed by atoms with van der Waals surface area (Å²) in [5.74, 6) is 0.253. The summed E-state index contributed by atoms with van der Waals surface area (Å²) in [6.45, 7) is 2.60. The van der Waals surface area contributed by atoms with Gasteiger partial charge in [0.15, 0.2) is 5.82 Å². The van der Waals surface area contributed by atoms with Crippen LogP contribution in [0.2, 0.25) is 0 Å². The third-order valence-corrected chi connectivity index (χ3v) is 3.15. The highest BCUT2D eigenvalue weighted by atomic mass is 19.1. The van der Waals surface area contributed by atoms with Crippen molar-refractivity contribution in [1.29, 1.82) is 0 Å². The molecule has 0 radical (unpaired) electrons. The van der Waals surface area contributed by atoms with Gasteiger partial charge in [-0.05, 0) is 38.6 Å². The zero-order valence-electron chi connectivity index (χ0n) is 11.6. The second-order valence-electron chi connectivity index (χ2n) is 4.72. The van der Waals surface area contributed by atoms with Gasteiger partial charge >= 0.3 is 0 Å². The maximum absolute atomic E-state index is 13.3. The topological polar surface area (TPSA) is 65.7 Å². The molecule has 2 aromatic heterocycles. The summed E-state index contributed by atoms with van der Waals surface area (Å²) in [6, 6.07) is 3.03. The lowest BCUT2D eigenvalue weighted by atomic mass is 10.3. The predicted octanol–water partition coefficient (Wildman–Crippen LogP) is 0.985. The molecule has 20 heavy (non-hydrogen) atoms. The SMILES string of the molecule is CN(CCO)CCCCNc1ncnn2c(F)ccc12. The number of aliphatic hydroxyl groups is 1. The molecular formula is C13H20FN5O. The van der Waals surface area contributed by atoms with Crippen LogP contribution in [0.1, 0.15) is 12.8 Å². The molecule has 7 heteroatoms. The molecule has 0 bridgehead atoms. The third-order valence-electron chi connectivity index (χ3n) is 3.15. The van der Waals surface area contributed by atoms with E-state index in [4.69, 9.17) is 5.11 Å². The minimum Gasteiger partial charge on any atom is -0.395 e. The van der Waals surface area contributed by atoms with Crippen molar-refractivity contribution in [1.82, 2.24) is 19.5 Å². The van der Waals surface area contributed by atoms with Gasteiger partial charge in [-0.3, -0.25) is 0 Å². The molecule has 0 aliphatic carbocycles. The van der Waals surface area contributed by atoms with Crippen molar-refractivity contribution in [3.05, 3.63) is 24.4 Å². The average Bonchev–Trinajstić information content (AvgIpc) is 2.81. The molecule has 0 aromatic carbocycles. The van der Waals surface area contributed by atoms with Gasteiger partial charge < -0.3 is 15.3 Å². The Balaban J connectivity index is 1.79. The van der Waals surface area contributed by atoms with Crippen LogP contribution in [0.4, 0.5) is 10.2 Å². The van der Waals surface area contributed by atoms with E-state index in [1.165, 1.54) is 16.9 Å². The molecule has 2 aromatic rings. The lowest BCUT2D eigenvalue weighted by Gasteiger charge is -2.14. The van der Waals surface area contributed by atoms with Crippen molar-refractivity contribution in [2.75, 3.05) is 38.6 Å². The molecule has 0 fully saturated rings. The number of aliphatic hydroxyl groups excluding tert-OH is 1. The Kier molecular flexibility index (Phi) is 5.25. The summed E-state index contributed by atoms with van der Waals surface area (Å²) in [5.41, 5.74) is 0.641. The van der Waals surface area contributed by atoms with Gasteiger partial charge in [0.2, 0.25) is 5.95 Å². The van der Waals surface area contributed by atoms with Gasteiger partial charge in [0.05, 0.1) is 6.61 Å². The second kappa shape index (κ2) is 7.16. The van der Waals surface area contributed by atoms with Gasteiger partial charge in [-0.1, -0.05) is 0 Å². The quantitative estimate of drug-likeness (QED) is 0.706. The fourth-order valence-electron chi connectivity index (χ4n) is 2.03. The lowest BCUT2D eigenvalue weighted by molar-refractivity contribution is 0.220. The first-order chi connectivity index (χ1) is 9.72. The van der Waals surface area contributed by atoms with Crippen LogP contribution < -0.4 is 5.32 Å². The van der Waals surface area contributed by atoms with Crippen molar-refractivity contribution in [3.63, 3.8) is 0 Å². The summed E-state index contributed by atoms with van der Waals surface area (Å²) in [4.78, 5) is 6.22. The normalized spacial score (nSPS) is 11.4. The molecule has 0 atom stereocenters. The summed E-state index contributed by atoms with van der Waals surface area (Å²) in [6.07, 6.45) is 3.35. The van der Waals surface area contributed by atoms with Crippen molar-refractivity contribution in [2.45, 2.75) is 12.8 Å². The Morgan fingerprint density at radius 3 is 3.00 bits per heavy atom. The highest BCUT2D eigenvalue weighted by Gasteiger charge is 2.06. The second-order valence-corrected chi connectivity index (χ2v) is 4.72. The molecule has 2 N–H and O–H groups in total. The van der Waals surface area contributed by atoms with E-state index >= 15 is 0 Å². The minimum absolute atomic E-state index is 0.188. The van der Waals surface area contributed by atoms with Crippen molar-refractivity contribution < 1.29 is 9.50 Å². The molecule has 110 valence electrons. The van der Waals surface area contributed by atoms with E-state index in [9.17, 15) is 4.39 Å². The van der Waals surface area contributed by atoms with E-state index < -0.39 is 5.95 Å². The molecular weight excluding hydrogens is 261 g/mol. The van der Waals surface area contributed by atoms with Crippen LogP contribution in [0, 0.1) is 5.95 Å². The maximum Gasteiger partial charge on any atom is 0.214 e. The van der Waals surface area contributed by atoms with Gasteiger partial charge in [0, 0.05) is 13.1 Å². The molecule has 0 amide bonds. The zero-order chi connectivity index (χ0) is 14.4. The highest BCUT2D eigenvalue weighted by molar-refractivity contribution is 5.67. The molecule has 0 spiro atoms. The number of nitrogens with zero attached hydrogens (tertiary/aromatic N) is 4. The smallest absolute Gasteiger partial charge is 0.214 e. The molecule has 2 heterocycles. The molecule has 0 saturated heterocycles. The minimum atomic E-state index is -0.393. The number of fused-ring (bicyclic) bond motifs is 1. The summed E-state index contributed by atoms with van der Waals surface area (Å²) in [5, 5.41) is 15.8. The van der Waals surface area contributed by atoms with Crippen LogP contribution in [0.25, 0.3) is 5.52 Å². The first kappa shape index (κ1) is 14.7. The number of hydrogen-bond donors (Lipinski definition) is 2. The van der Waals surface area contributed by atoms with Gasteiger partial charge in [-0.2, -0.15) is 9.49 Å². The average molecular weight is 281 g/mol. The molecule has 6 nitrogen and oxygen atoms in total. The number of anilines is 1. The number of hydrogen-bond acceptors (Lipinski definition) is 5. The van der Waals surface area contributed by atoms with E-state index in [1.807, 2.05) is 7.05 Å². The Hall–Kier alpha value is -1.73. The molecule has 0 saturated carbocycles. The summed E-state index contributed by atoms with van der Waals surface area (Å²) >= 11 is 0. The Morgan fingerprint density at radius 2 is 2.20 bits per heavy atom. The monoisotopic (exact) mass is 281 g/mol. The van der Waals surface area contributed by atoms with Crippen molar-refractivity contribution in [2.24, 2.45) is 0 Å². The standard InChI is InChI=1S/C13H20FN5O/c1-18(8-9-20)7-3-2-6-15-13-11-4-5-12(14)19(11)17-10-16-13/h4-5,10,20H,2-3,6-9H2,1H3,(H,15,16,17). The predicted molar refractivity (Wildman–Crippen MR) is 75.3 cm³/mol. The van der Waals surface area contributed by atoms with E-state index in [0.29, 0.717) is 17.9 Å². The first-order valence-electron chi connectivity index (χ1n) is 6.74. The van der Waals surface area contributed by atoms with Gasteiger partial charge in [-0.25, -0.2) is 9.50 Å². The molecule has 0 unspecified atom stereocenters. The van der Waals surface area contributed by atoms with Crippen LogP contribution in [0.15, 0.2) is 18.5 Å². The fourth-order valence-corrected chi connectivity index (χ4v) is 2.03. The maximum atomic E-state index is 13.3. The number of nitrogens with one attached hydrogen (secondary N) is 1. The number of halogens is 1. The van der Waals surface area contributed by atoms with Crippen LogP contribution in [-0.2, 0) is 0 Å². The van der Waals surface area contributed by atoms with Crippen LogP contribution >= 0.6 is 0 Å². The first-order valence-corrected chi connectivity index (χ1v) is 6.74. The van der Waals surface area contributed by atoms with E-state index in [0.717, 1.165) is 25.9 Å². The fraction of sp³-hybridized carbons (Fsp3) is 0.538. The van der Waals surface area contributed by atoms with Crippen molar-refractivity contribution >= 4 is 11.3 Å². The Bertz CT molecular complexity index is 545. The van der Waals surface area contributed by atoms with Crippen LogP contribution in [0.3, 0.4) is 0 Å². The van der Waals surface area contributed by atoms with E-state index in [-0.39, 0.29) is 6.61 Å². The van der Waals surface area contributed by atoms with E-state index in [2.05, 4.69) is 20.3 Å². The van der Waals surface area contributed by atoms with Crippen molar-refractivity contribution in [3.8, 4) is 0 Å². The molecule has 0 aliphatic rings. The van der Waals surface area contributed by atoms with Gasteiger partial charge in [0.1, 0.15) is 11.8 Å². The van der Waals surface area contributed by atoms with Crippen LogP contribution in [-0.4, -0.2) is 57.9 Å². The number of rotatable bonds is 8. The number of aromatic nitrogens is 3. The van der Waals surface area contributed by atoms with Gasteiger partial charge in [0.25, 0.3) is 0 Å². The van der Waals surface area contributed by atoms with Crippen LogP contribution in [0.5, 0.6) is 0 Å². The number of unbranched alkanes of at least 4 members (excludes halogenated alkanes) is 1. The van der Waals surface area contributed by atoms with E-state index in [1.54, 1.807) is 6.07 Å². The lowest BCUT2D eigenvalue weighted by Crippen LogP contribution is -2.23. The Morgan fingerprint density at radius 1 is 1.35 bits per heavy atom. The largest absolute Gasteiger partial charge is 0.395 e. The van der Waals surface area contributed by atoms with Gasteiger partial charge in [-0.15, -0.1) is 0 Å². The highest BCUT2D eigenvalue weighted by Crippen LogP contribution is 2.14.